The van der Waals surface area contributed by atoms with Gasteiger partial charge in [-0.2, -0.15) is 0 Å². The van der Waals surface area contributed by atoms with E-state index in [9.17, 15) is 4.39 Å². The van der Waals surface area contributed by atoms with E-state index < -0.39 is 0 Å². The van der Waals surface area contributed by atoms with E-state index in [0.717, 1.165) is 0 Å². The molecule has 0 saturated carbocycles. The molecule has 0 unspecified atom stereocenters. The van der Waals surface area contributed by atoms with Crippen LogP contribution in [0.4, 0.5) is 9.09 Å². The Morgan fingerprint density at radius 1 is 1.60 bits per heavy atom. The number of halogens is 2. The molecule has 0 aliphatic carbocycles. The Morgan fingerprint density at radius 2 is 1.80 bits per heavy atom. The highest BCUT2D eigenvalue weighted by Crippen LogP contribution is 1.62. The third kappa shape index (κ3) is 25.6. The lowest BCUT2D eigenvalue weighted by molar-refractivity contribution is 0.719. The first-order valence-electron chi connectivity index (χ1n) is 1.13. The second-order valence-electron chi connectivity index (χ2n) is 0.459. The van der Waals surface area contributed by atoms with Gasteiger partial charge in [0.1, 0.15) is 0 Å². The van der Waals surface area contributed by atoms with E-state index in [0.29, 0.717) is 6.33 Å². The van der Waals surface area contributed by atoms with Crippen LogP contribution in [0.2, 0.25) is 0 Å². The Morgan fingerprint density at radius 3 is 1.80 bits per heavy atom. The summed E-state index contributed by atoms with van der Waals surface area (Å²) in [5, 5.41) is 0. The van der Waals surface area contributed by atoms with Gasteiger partial charge in [0.25, 0.3) is 0 Å². The van der Waals surface area contributed by atoms with Crippen molar-refractivity contribution in [2.24, 2.45) is 0 Å². The smallest absolute Gasteiger partial charge is 0.0824 e. The molecule has 0 aliphatic rings. The summed E-state index contributed by atoms with van der Waals surface area (Å²) in [5.74, 6) is 0. The fourth-order valence-corrected chi connectivity index (χ4v) is 0. The Balaban J connectivity index is 0. The first kappa shape index (κ1) is 8.82. The molecule has 0 aromatic heterocycles. The topological polar surface area (TPSA) is 0 Å². The third-order valence-electron chi connectivity index (χ3n) is 0.126. The lowest BCUT2D eigenvalue weighted by atomic mass is 10.8. The third-order valence-corrected chi connectivity index (χ3v) is 0.126. The van der Waals surface area contributed by atoms with Gasteiger partial charge in [-0.1, -0.05) is 6.08 Å². The quantitative estimate of drug-likeness (QED) is 0.415. The zero-order chi connectivity index (χ0) is 3.41. The summed E-state index contributed by atoms with van der Waals surface area (Å²) in [6.07, 6.45) is 1.83. The summed E-state index contributed by atoms with van der Waals surface area (Å²) < 4.78 is 10.5. The van der Waals surface area contributed by atoms with Crippen molar-refractivity contribution in [3.05, 3.63) is 12.4 Å². The summed E-state index contributed by atoms with van der Waals surface area (Å²) >= 11 is 0. The number of rotatable bonds is 0. The molecule has 5 heavy (non-hydrogen) atoms. The van der Waals surface area contributed by atoms with Crippen molar-refractivity contribution in [1.82, 2.24) is 0 Å². The molecule has 0 amide bonds. The normalized spacial score (nSPS) is 7.60. The molecule has 0 atom stereocenters. The van der Waals surface area contributed by atoms with Crippen molar-refractivity contribution in [2.45, 2.75) is 6.92 Å². The van der Waals surface area contributed by atoms with Gasteiger partial charge in [0, 0.05) is 0 Å². The highest BCUT2D eigenvalue weighted by Gasteiger charge is 1.38. The summed E-state index contributed by atoms with van der Waals surface area (Å²) in [6, 6.07) is 0. The molecule has 0 radical (unpaired) electrons. The molecule has 0 aromatic carbocycles. The van der Waals surface area contributed by atoms with Gasteiger partial charge in [-0.3, -0.25) is 4.70 Å². The Bertz CT molecular complexity index is 20.1. The SMILES string of the molecule is CC=CF.F. The number of allylic oxidation sites excluding steroid dienone is 1. The molecule has 0 bridgehead atoms. The van der Waals surface area contributed by atoms with Crippen LogP contribution in [0.15, 0.2) is 12.4 Å². The largest absolute Gasteiger partial charge is 0.269 e. The molecule has 0 aliphatic heterocycles. The van der Waals surface area contributed by atoms with Crippen molar-refractivity contribution in [1.29, 1.82) is 0 Å². The van der Waals surface area contributed by atoms with Gasteiger partial charge >= 0.3 is 0 Å². The van der Waals surface area contributed by atoms with E-state index in [1.165, 1.54) is 6.08 Å². The number of hydrogen-bond donors (Lipinski definition) is 0. The summed E-state index contributed by atoms with van der Waals surface area (Å²) in [5.41, 5.74) is 0. The molecule has 32 valence electrons. The van der Waals surface area contributed by atoms with Crippen molar-refractivity contribution >= 4 is 0 Å². The van der Waals surface area contributed by atoms with Crippen molar-refractivity contribution in [3.8, 4) is 0 Å². The van der Waals surface area contributed by atoms with Crippen LogP contribution in [0.25, 0.3) is 0 Å². The first-order valence-corrected chi connectivity index (χ1v) is 1.13. The zero-order valence-electron chi connectivity index (χ0n) is 2.94. The maximum Gasteiger partial charge on any atom is 0.0824 e. The lowest BCUT2D eigenvalue weighted by Gasteiger charge is -1.45. The molecular formula is C3H6F2. The Hall–Kier alpha value is -0.400. The standard InChI is InChI=1S/C3H5F.FH/c1-2-3-4;/h2-3H,1H3;1H. The van der Waals surface area contributed by atoms with Crippen LogP contribution in [-0.2, 0) is 0 Å². The van der Waals surface area contributed by atoms with Crippen molar-refractivity contribution in [3.63, 3.8) is 0 Å². The van der Waals surface area contributed by atoms with Gasteiger partial charge in [0.15, 0.2) is 0 Å². The van der Waals surface area contributed by atoms with Gasteiger partial charge in [-0.25, -0.2) is 4.39 Å². The van der Waals surface area contributed by atoms with Crippen molar-refractivity contribution < 1.29 is 9.09 Å². The maximum atomic E-state index is 10.5. The second-order valence-corrected chi connectivity index (χ2v) is 0.459. The molecule has 0 spiro atoms. The fraction of sp³-hybridized carbons (Fsp3) is 0.333. The maximum absolute atomic E-state index is 10.5. The molecule has 0 N–H and O–H groups in total. The van der Waals surface area contributed by atoms with Gasteiger partial charge in [0.2, 0.25) is 0 Å². The highest BCUT2D eigenvalue weighted by molar-refractivity contribution is 4.61. The van der Waals surface area contributed by atoms with Crippen LogP contribution >= 0.6 is 0 Å². The molecule has 0 rings (SSSR count). The lowest BCUT2D eigenvalue weighted by Crippen LogP contribution is -1.22. The molecule has 0 fully saturated rings. The van der Waals surface area contributed by atoms with Gasteiger partial charge < -0.3 is 0 Å². The Kier molecular flexibility index (Phi) is 16.8. The van der Waals surface area contributed by atoms with Crippen LogP contribution in [0.1, 0.15) is 6.92 Å². The van der Waals surface area contributed by atoms with E-state index in [2.05, 4.69) is 0 Å². The Labute approximate surface area is 29.7 Å². The minimum atomic E-state index is 0. The second kappa shape index (κ2) is 9.51. The minimum Gasteiger partial charge on any atom is -0.269 e. The molecular weight excluding hydrogens is 74.0 g/mol. The molecule has 0 heterocycles. The van der Waals surface area contributed by atoms with Crippen molar-refractivity contribution in [2.75, 3.05) is 0 Å². The average molecular weight is 80.1 g/mol. The van der Waals surface area contributed by atoms with Gasteiger partial charge in [-0.05, 0) is 6.92 Å². The molecule has 2 heteroatoms. The van der Waals surface area contributed by atoms with E-state index in [4.69, 9.17) is 0 Å². The van der Waals surface area contributed by atoms with Crippen LogP contribution < -0.4 is 0 Å². The van der Waals surface area contributed by atoms with Crippen LogP contribution in [0.3, 0.4) is 0 Å². The van der Waals surface area contributed by atoms with Gasteiger partial charge in [-0.15, -0.1) is 0 Å². The van der Waals surface area contributed by atoms with E-state index in [1.807, 2.05) is 0 Å². The number of hydrogen-bond acceptors (Lipinski definition) is 0. The molecule has 0 aromatic rings. The summed E-state index contributed by atoms with van der Waals surface area (Å²) in [6.45, 7) is 1.62. The fourth-order valence-electron chi connectivity index (χ4n) is 0. The zero-order valence-corrected chi connectivity index (χ0v) is 2.94. The highest BCUT2D eigenvalue weighted by atomic mass is 19.1. The van der Waals surface area contributed by atoms with E-state index >= 15 is 0 Å². The van der Waals surface area contributed by atoms with Crippen LogP contribution in [0.5, 0.6) is 0 Å². The molecule has 0 nitrogen and oxygen atoms in total. The monoisotopic (exact) mass is 80.0 g/mol. The minimum absolute atomic E-state index is 0. The van der Waals surface area contributed by atoms with Gasteiger partial charge in [0.05, 0.1) is 6.33 Å². The predicted octanol–water partition coefficient (Wildman–Crippen LogP) is 1.64. The van der Waals surface area contributed by atoms with Crippen LogP contribution in [-0.4, -0.2) is 0 Å². The first-order chi connectivity index (χ1) is 1.91. The summed E-state index contributed by atoms with van der Waals surface area (Å²) in [4.78, 5) is 0. The van der Waals surface area contributed by atoms with E-state index in [1.54, 1.807) is 6.92 Å². The van der Waals surface area contributed by atoms with Crippen LogP contribution in [0, 0.1) is 0 Å². The summed E-state index contributed by atoms with van der Waals surface area (Å²) in [7, 11) is 0. The average Bonchev–Trinajstić information content (AvgIpc) is 1.37. The molecule has 0 saturated heterocycles. The predicted molar refractivity (Wildman–Crippen MR) is 18.4 cm³/mol. The van der Waals surface area contributed by atoms with E-state index in [-0.39, 0.29) is 4.70 Å².